The number of carbonyl (C=O) groups is 3. The molecule has 1 aromatic carbocycles. The number of hydrogen-bond donors (Lipinski definition) is 2. The summed E-state index contributed by atoms with van der Waals surface area (Å²) >= 11 is 1.59. The van der Waals surface area contributed by atoms with Crippen molar-refractivity contribution in [3.8, 4) is 0 Å². The Morgan fingerprint density at radius 2 is 1.53 bits per heavy atom. The molecule has 8 heteroatoms. The van der Waals surface area contributed by atoms with Gasteiger partial charge in [-0.25, -0.2) is 4.79 Å². The van der Waals surface area contributed by atoms with E-state index in [1.54, 1.807) is 37.4 Å². The Labute approximate surface area is 222 Å². The second-order valence-electron chi connectivity index (χ2n) is 12.1. The summed E-state index contributed by atoms with van der Waals surface area (Å²) in [4.78, 5) is 42.2. The highest BCUT2D eigenvalue weighted by Crippen LogP contribution is 2.31. The van der Waals surface area contributed by atoms with Gasteiger partial charge in [0.15, 0.2) is 0 Å². The minimum atomic E-state index is -0.875. The van der Waals surface area contributed by atoms with E-state index in [0.717, 1.165) is 17.5 Å². The number of thioether (sulfide) groups is 1. The maximum atomic E-state index is 14.2. The first-order chi connectivity index (χ1) is 16.4. The number of aryl methyl sites for hydroxylation is 1. The van der Waals surface area contributed by atoms with Crippen LogP contribution in [-0.2, 0) is 20.7 Å². The number of benzene rings is 1. The standard InChI is InChI=1S/C28H47N3O4S/c1-12-19-13-15-20(16-14-19)22(23(32)30-26(2,3)4)31(27(5,6)7)24(33)21(17-18-36-11)29-25(34)35-28(8,9)10/h13-16,21-22H,12,17-18H2,1-11H3,(H,29,34)(H,30,32). The van der Waals surface area contributed by atoms with Crippen molar-refractivity contribution in [2.45, 2.75) is 111 Å². The molecule has 3 amide bonds. The van der Waals surface area contributed by atoms with Crippen LogP contribution in [0, 0.1) is 0 Å². The van der Waals surface area contributed by atoms with E-state index < -0.39 is 34.9 Å². The average molecular weight is 522 g/mol. The van der Waals surface area contributed by atoms with Crippen molar-refractivity contribution in [1.29, 1.82) is 0 Å². The predicted molar refractivity (Wildman–Crippen MR) is 149 cm³/mol. The summed E-state index contributed by atoms with van der Waals surface area (Å²) in [7, 11) is 0. The van der Waals surface area contributed by atoms with Crippen molar-refractivity contribution in [3.63, 3.8) is 0 Å². The van der Waals surface area contributed by atoms with Gasteiger partial charge in [-0.15, -0.1) is 0 Å². The molecule has 204 valence electrons. The molecule has 2 N–H and O–H groups in total. The largest absolute Gasteiger partial charge is 0.444 e. The lowest BCUT2D eigenvalue weighted by Gasteiger charge is -2.43. The van der Waals surface area contributed by atoms with Crippen molar-refractivity contribution >= 4 is 29.7 Å². The van der Waals surface area contributed by atoms with E-state index in [1.165, 1.54) is 0 Å². The number of hydrogen-bond acceptors (Lipinski definition) is 5. The zero-order chi connectivity index (χ0) is 27.9. The molecule has 0 saturated carbocycles. The first-order valence-corrected chi connectivity index (χ1v) is 14.0. The molecule has 0 radical (unpaired) electrons. The molecule has 0 aromatic heterocycles. The third kappa shape index (κ3) is 10.4. The number of alkyl carbamates (subject to hydrolysis) is 1. The second kappa shape index (κ2) is 12.8. The number of amides is 3. The Bertz CT molecular complexity index is 880. The quantitative estimate of drug-likeness (QED) is 0.449. The molecule has 1 aromatic rings. The van der Waals surface area contributed by atoms with Crippen molar-refractivity contribution in [2.75, 3.05) is 12.0 Å². The monoisotopic (exact) mass is 521 g/mol. The molecule has 0 aliphatic carbocycles. The molecular weight excluding hydrogens is 474 g/mol. The zero-order valence-electron chi connectivity index (χ0n) is 24.1. The van der Waals surface area contributed by atoms with Crippen LogP contribution in [0.25, 0.3) is 0 Å². The minimum absolute atomic E-state index is 0.268. The lowest BCUT2D eigenvalue weighted by Crippen LogP contribution is -2.59. The lowest BCUT2D eigenvalue weighted by molar-refractivity contribution is -0.149. The topological polar surface area (TPSA) is 87.7 Å². The third-order valence-electron chi connectivity index (χ3n) is 5.27. The van der Waals surface area contributed by atoms with Crippen molar-refractivity contribution < 1.29 is 19.1 Å². The maximum Gasteiger partial charge on any atom is 0.408 e. The van der Waals surface area contributed by atoms with Crippen molar-refractivity contribution in [3.05, 3.63) is 35.4 Å². The summed E-state index contributed by atoms with van der Waals surface area (Å²) in [6.07, 6.45) is 2.58. The van der Waals surface area contributed by atoms with Crippen LogP contribution >= 0.6 is 11.8 Å². The van der Waals surface area contributed by atoms with Gasteiger partial charge in [0.1, 0.15) is 17.7 Å². The molecule has 0 bridgehead atoms. The fraction of sp³-hybridized carbons (Fsp3) is 0.679. The van der Waals surface area contributed by atoms with Crippen LogP contribution in [0.3, 0.4) is 0 Å². The van der Waals surface area contributed by atoms with E-state index in [0.29, 0.717) is 12.2 Å². The number of carbonyl (C=O) groups excluding carboxylic acids is 3. The van der Waals surface area contributed by atoms with Gasteiger partial charge in [0.25, 0.3) is 0 Å². The lowest BCUT2D eigenvalue weighted by atomic mass is 9.93. The van der Waals surface area contributed by atoms with Crippen LogP contribution in [0.15, 0.2) is 24.3 Å². The van der Waals surface area contributed by atoms with Crippen LogP contribution in [-0.4, -0.2) is 57.5 Å². The molecule has 0 aliphatic rings. The van der Waals surface area contributed by atoms with E-state index in [-0.39, 0.29) is 11.8 Å². The summed E-state index contributed by atoms with van der Waals surface area (Å²) in [5.74, 6) is 0.0702. The highest BCUT2D eigenvalue weighted by Gasteiger charge is 2.42. The van der Waals surface area contributed by atoms with Crippen LogP contribution in [0.4, 0.5) is 4.79 Å². The SMILES string of the molecule is CCc1ccc(C(C(=O)NC(C)(C)C)N(C(=O)C(CCSC)NC(=O)OC(C)(C)C)C(C)(C)C)cc1. The van der Waals surface area contributed by atoms with Crippen LogP contribution < -0.4 is 10.6 Å². The van der Waals surface area contributed by atoms with Crippen LogP contribution in [0.1, 0.15) is 92.8 Å². The Kier molecular flexibility index (Phi) is 11.3. The predicted octanol–water partition coefficient (Wildman–Crippen LogP) is 5.48. The van der Waals surface area contributed by atoms with Crippen molar-refractivity contribution in [2.24, 2.45) is 0 Å². The Morgan fingerprint density at radius 3 is 1.94 bits per heavy atom. The van der Waals surface area contributed by atoms with Gasteiger partial charge >= 0.3 is 6.09 Å². The molecule has 36 heavy (non-hydrogen) atoms. The summed E-state index contributed by atoms with van der Waals surface area (Å²) in [5.41, 5.74) is -0.0342. The number of ether oxygens (including phenoxy) is 1. The number of rotatable bonds is 9. The summed E-state index contributed by atoms with van der Waals surface area (Å²) in [6, 6.07) is 6.09. The molecule has 7 nitrogen and oxygen atoms in total. The summed E-state index contributed by atoms with van der Waals surface area (Å²) < 4.78 is 5.44. The zero-order valence-corrected chi connectivity index (χ0v) is 24.9. The average Bonchev–Trinajstić information content (AvgIpc) is 2.71. The maximum absolute atomic E-state index is 14.2. The van der Waals surface area contributed by atoms with Crippen molar-refractivity contribution in [1.82, 2.24) is 15.5 Å². The molecule has 1 rings (SSSR count). The van der Waals surface area contributed by atoms with Crippen LogP contribution in [0.5, 0.6) is 0 Å². The van der Waals surface area contributed by atoms with Crippen LogP contribution in [0.2, 0.25) is 0 Å². The van der Waals surface area contributed by atoms with Gasteiger partial charge in [0.05, 0.1) is 0 Å². The molecule has 0 heterocycles. The highest BCUT2D eigenvalue weighted by atomic mass is 32.2. The van der Waals surface area contributed by atoms with E-state index >= 15 is 0 Å². The fourth-order valence-corrected chi connectivity index (χ4v) is 4.22. The molecule has 0 spiro atoms. The van der Waals surface area contributed by atoms with Gasteiger partial charge < -0.3 is 20.3 Å². The molecule has 0 aliphatic heterocycles. The van der Waals surface area contributed by atoms with Gasteiger partial charge in [-0.2, -0.15) is 11.8 Å². The highest BCUT2D eigenvalue weighted by molar-refractivity contribution is 7.98. The normalized spacial score (nSPS) is 14.0. The Balaban J connectivity index is 3.57. The first kappa shape index (κ1) is 31.8. The number of nitrogens with zero attached hydrogens (tertiary/aromatic N) is 1. The number of nitrogens with one attached hydrogen (secondary N) is 2. The molecule has 0 fully saturated rings. The summed E-state index contributed by atoms with van der Waals surface area (Å²) in [6.45, 7) is 18.9. The second-order valence-corrected chi connectivity index (χ2v) is 13.1. The Morgan fingerprint density at radius 1 is 0.972 bits per heavy atom. The van der Waals surface area contributed by atoms with Gasteiger partial charge in [-0.05, 0) is 98.3 Å². The minimum Gasteiger partial charge on any atom is -0.444 e. The molecule has 2 unspecified atom stereocenters. The fourth-order valence-electron chi connectivity index (χ4n) is 3.75. The first-order valence-electron chi connectivity index (χ1n) is 12.6. The smallest absolute Gasteiger partial charge is 0.408 e. The molecular formula is C28H47N3O4S. The van der Waals surface area contributed by atoms with Gasteiger partial charge in [0, 0.05) is 11.1 Å². The molecule has 0 saturated heterocycles. The van der Waals surface area contributed by atoms with Gasteiger partial charge in [0.2, 0.25) is 11.8 Å². The summed E-state index contributed by atoms with van der Waals surface area (Å²) in [5, 5.41) is 5.83. The van der Waals surface area contributed by atoms with E-state index in [2.05, 4.69) is 17.6 Å². The third-order valence-corrected chi connectivity index (χ3v) is 5.91. The van der Waals surface area contributed by atoms with Gasteiger partial charge in [-0.3, -0.25) is 9.59 Å². The molecule has 2 atom stereocenters. The van der Waals surface area contributed by atoms with E-state index in [9.17, 15) is 14.4 Å². The van der Waals surface area contributed by atoms with E-state index in [4.69, 9.17) is 4.74 Å². The van der Waals surface area contributed by atoms with Gasteiger partial charge in [-0.1, -0.05) is 31.2 Å². The van der Waals surface area contributed by atoms with E-state index in [1.807, 2.05) is 72.1 Å². The Hall–Kier alpha value is -2.22.